The Bertz CT molecular complexity index is 688. The lowest BCUT2D eigenvalue weighted by molar-refractivity contribution is -0.142. The average Bonchev–Trinajstić information content (AvgIpc) is 3.26. The Morgan fingerprint density at radius 3 is 2.74 bits per heavy atom. The Morgan fingerprint density at radius 1 is 1.30 bits per heavy atom. The van der Waals surface area contributed by atoms with Crippen LogP contribution in [0.2, 0.25) is 0 Å². The lowest BCUT2D eigenvalue weighted by atomic mass is 9.77. The van der Waals surface area contributed by atoms with E-state index in [1.54, 1.807) is 12.1 Å². The highest BCUT2D eigenvalue weighted by Gasteiger charge is 2.47. The number of aromatic carboxylic acids is 1. The molecule has 2 aliphatic heterocycles. The minimum Gasteiger partial charge on any atom is -0.478 e. The highest BCUT2D eigenvalue weighted by molar-refractivity contribution is 5.87. The standard InChI is InChI=1S/C20H26N2O5/c1-2-9-26-19(23)12-22-21-11-16-15(17-7-8-18(16)27-17)10-13-3-5-14(6-4-13)20(24)25/h3-6,11,15-18,22H,2,7-10,12H2,1H3,(H,24,25). The van der Waals surface area contributed by atoms with Crippen molar-refractivity contribution in [3.8, 4) is 0 Å². The second-order valence-electron chi connectivity index (χ2n) is 7.07. The highest BCUT2D eigenvalue weighted by Crippen LogP contribution is 2.44. The van der Waals surface area contributed by atoms with E-state index < -0.39 is 5.97 Å². The van der Waals surface area contributed by atoms with Crippen LogP contribution in [0.1, 0.15) is 42.1 Å². The molecule has 3 rings (SSSR count). The number of esters is 1. The second kappa shape index (κ2) is 8.99. The third-order valence-corrected chi connectivity index (χ3v) is 5.19. The molecule has 7 nitrogen and oxygen atoms in total. The third-order valence-electron chi connectivity index (χ3n) is 5.19. The van der Waals surface area contributed by atoms with Crippen LogP contribution in [0.3, 0.4) is 0 Å². The van der Waals surface area contributed by atoms with Crippen molar-refractivity contribution in [3.05, 3.63) is 35.4 Å². The summed E-state index contributed by atoms with van der Waals surface area (Å²) in [5, 5.41) is 13.2. The largest absolute Gasteiger partial charge is 0.478 e. The maximum absolute atomic E-state index is 11.5. The summed E-state index contributed by atoms with van der Waals surface area (Å²) in [5.41, 5.74) is 4.14. The van der Waals surface area contributed by atoms with E-state index in [1.165, 1.54) is 0 Å². The van der Waals surface area contributed by atoms with Gasteiger partial charge in [-0.05, 0) is 49.3 Å². The topological polar surface area (TPSA) is 97.2 Å². The van der Waals surface area contributed by atoms with Gasteiger partial charge < -0.3 is 14.6 Å². The van der Waals surface area contributed by atoms with Crippen LogP contribution in [0, 0.1) is 11.8 Å². The quantitative estimate of drug-likeness (QED) is 0.391. The molecule has 146 valence electrons. The lowest BCUT2D eigenvalue weighted by Gasteiger charge is -2.25. The van der Waals surface area contributed by atoms with Crippen molar-refractivity contribution in [2.75, 3.05) is 13.2 Å². The molecule has 2 fully saturated rings. The molecule has 2 saturated heterocycles. The first kappa shape index (κ1) is 19.4. The molecule has 0 radical (unpaired) electrons. The summed E-state index contributed by atoms with van der Waals surface area (Å²) in [6.45, 7) is 2.43. The van der Waals surface area contributed by atoms with E-state index in [4.69, 9.17) is 14.6 Å². The molecular formula is C20H26N2O5. The van der Waals surface area contributed by atoms with E-state index in [9.17, 15) is 9.59 Å². The number of carboxylic acids is 1. The van der Waals surface area contributed by atoms with Gasteiger partial charge in [-0.3, -0.25) is 10.2 Å². The fourth-order valence-electron chi connectivity index (χ4n) is 3.86. The predicted molar refractivity (Wildman–Crippen MR) is 99.7 cm³/mol. The Kier molecular flexibility index (Phi) is 6.45. The first-order valence-corrected chi connectivity index (χ1v) is 9.48. The number of hydrogen-bond acceptors (Lipinski definition) is 6. The molecule has 27 heavy (non-hydrogen) atoms. The van der Waals surface area contributed by atoms with Gasteiger partial charge in [-0.1, -0.05) is 19.1 Å². The summed E-state index contributed by atoms with van der Waals surface area (Å²) in [7, 11) is 0. The smallest absolute Gasteiger partial charge is 0.335 e. The van der Waals surface area contributed by atoms with Gasteiger partial charge in [-0.15, -0.1) is 0 Å². The van der Waals surface area contributed by atoms with Crippen molar-refractivity contribution < 1.29 is 24.2 Å². The number of rotatable bonds is 9. The van der Waals surface area contributed by atoms with E-state index >= 15 is 0 Å². The molecule has 2 N–H and O–H groups in total. The second-order valence-corrected chi connectivity index (χ2v) is 7.07. The normalized spacial score (nSPS) is 26.4. The Labute approximate surface area is 158 Å². The van der Waals surface area contributed by atoms with Crippen LogP contribution < -0.4 is 5.43 Å². The minimum atomic E-state index is -0.918. The molecule has 2 bridgehead atoms. The number of carboxylic acid groups (broad SMARTS) is 1. The van der Waals surface area contributed by atoms with E-state index in [-0.39, 0.29) is 30.6 Å². The predicted octanol–water partition coefficient (Wildman–Crippen LogP) is 2.25. The molecule has 1 aromatic rings. The fraction of sp³-hybridized carbons (Fsp3) is 0.550. The van der Waals surface area contributed by atoms with Gasteiger partial charge >= 0.3 is 11.9 Å². The van der Waals surface area contributed by atoms with E-state index in [2.05, 4.69) is 10.5 Å². The Balaban J connectivity index is 1.56. The van der Waals surface area contributed by atoms with Crippen molar-refractivity contribution in [1.29, 1.82) is 0 Å². The van der Waals surface area contributed by atoms with Crippen LogP contribution in [0.4, 0.5) is 0 Å². The molecule has 1 aromatic carbocycles. The number of carbonyl (C=O) groups excluding carboxylic acids is 1. The van der Waals surface area contributed by atoms with Gasteiger partial charge in [0.25, 0.3) is 0 Å². The zero-order valence-electron chi connectivity index (χ0n) is 15.5. The molecule has 0 aliphatic carbocycles. The summed E-state index contributed by atoms with van der Waals surface area (Å²) >= 11 is 0. The fourth-order valence-corrected chi connectivity index (χ4v) is 3.86. The zero-order valence-corrected chi connectivity index (χ0v) is 15.5. The molecule has 7 heteroatoms. The van der Waals surface area contributed by atoms with Crippen LogP contribution >= 0.6 is 0 Å². The van der Waals surface area contributed by atoms with Crippen LogP contribution in [0.25, 0.3) is 0 Å². The van der Waals surface area contributed by atoms with Gasteiger partial charge in [0.15, 0.2) is 0 Å². The molecule has 4 atom stereocenters. The number of ether oxygens (including phenoxy) is 2. The minimum absolute atomic E-state index is 0.0550. The molecule has 4 unspecified atom stereocenters. The first-order valence-electron chi connectivity index (χ1n) is 9.48. The molecule has 2 aliphatic rings. The van der Waals surface area contributed by atoms with Crippen LogP contribution in [0.15, 0.2) is 29.4 Å². The number of fused-ring (bicyclic) bond motifs is 2. The van der Waals surface area contributed by atoms with E-state index in [1.807, 2.05) is 25.3 Å². The van der Waals surface area contributed by atoms with Gasteiger partial charge in [0.1, 0.15) is 6.54 Å². The van der Waals surface area contributed by atoms with Gasteiger partial charge in [0.05, 0.1) is 24.4 Å². The summed E-state index contributed by atoms with van der Waals surface area (Å²) in [6.07, 6.45) is 5.91. The number of hydrogen-bond donors (Lipinski definition) is 2. The zero-order chi connectivity index (χ0) is 19.2. The maximum atomic E-state index is 11.5. The van der Waals surface area contributed by atoms with Crippen molar-refractivity contribution in [3.63, 3.8) is 0 Å². The van der Waals surface area contributed by atoms with Gasteiger partial charge in [0, 0.05) is 12.1 Å². The summed E-state index contributed by atoms with van der Waals surface area (Å²) in [5.74, 6) is -0.745. The lowest BCUT2D eigenvalue weighted by Crippen LogP contribution is -2.31. The first-order chi connectivity index (χ1) is 13.1. The van der Waals surface area contributed by atoms with Crippen LogP contribution in [-0.2, 0) is 20.7 Å². The third kappa shape index (κ3) is 4.86. The summed E-state index contributed by atoms with van der Waals surface area (Å²) in [6, 6.07) is 7.01. The van der Waals surface area contributed by atoms with Crippen LogP contribution in [-0.4, -0.2) is 48.6 Å². The molecule has 0 spiro atoms. The van der Waals surface area contributed by atoms with Crippen molar-refractivity contribution >= 4 is 18.2 Å². The van der Waals surface area contributed by atoms with Crippen molar-refractivity contribution in [1.82, 2.24) is 5.43 Å². The monoisotopic (exact) mass is 374 g/mol. The molecule has 0 amide bonds. The number of carbonyl (C=O) groups is 2. The summed E-state index contributed by atoms with van der Waals surface area (Å²) < 4.78 is 11.1. The maximum Gasteiger partial charge on any atom is 0.335 e. The van der Waals surface area contributed by atoms with E-state index in [0.29, 0.717) is 18.1 Å². The molecule has 0 saturated carbocycles. The Hall–Kier alpha value is -2.41. The Morgan fingerprint density at radius 2 is 2.04 bits per heavy atom. The number of nitrogens with zero attached hydrogens (tertiary/aromatic N) is 1. The average molecular weight is 374 g/mol. The molecule has 0 aromatic heterocycles. The van der Waals surface area contributed by atoms with Gasteiger partial charge in [0.2, 0.25) is 0 Å². The van der Waals surface area contributed by atoms with E-state index in [0.717, 1.165) is 31.2 Å². The number of nitrogens with one attached hydrogen (secondary N) is 1. The van der Waals surface area contributed by atoms with Crippen molar-refractivity contribution in [2.45, 2.75) is 44.8 Å². The summed E-state index contributed by atoms with van der Waals surface area (Å²) in [4.78, 5) is 22.5. The van der Waals surface area contributed by atoms with Gasteiger partial charge in [-0.2, -0.15) is 5.10 Å². The van der Waals surface area contributed by atoms with Crippen LogP contribution in [0.5, 0.6) is 0 Å². The number of benzene rings is 1. The SMILES string of the molecule is CCCOC(=O)CNN=CC1C2CCC(O2)C1Cc1ccc(C(=O)O)cc1. The number of hydrazone groups is 1. The molecular weight excluding hydrogens is 348 g/mol. The van der Waals surface area contributed by atoms with Crippen molar-refractivity contribution in [2.24, 2.45) is 16.9 Å². The van der Waals surface area contributed by atoms with Gasteiger partial charge in [-0.25, -0.2) is 4.79 Å². The molecule has 2 heterocycles. The highest BCUT2D eigenvalue weighted by atomic mass is 16.5.